The van der Waals surface area contributed by atoms with E-state index in [-0.39, 0.29) is 0 Å². The van der Waals surface area contributed by atoms with Crippen molar-refractivity contribution in [3.8, 4) is 39.9 Å². The number of tetrazole rings is 1. The fourth-order valence-corrected chi connectivity index (χ4v) is 4.14. The highest BCUT2D eigenvalue weighted by Gasteiger charge is 2.13. The fourth-order valence-electron chi connectivity index (χ4n) is 4.14. The summed E-state index contributed by atoms with van der Waals surface area (Å²) in [5.41, 5.74) is 6.35. The minimum absolute atomic E-state index is 0.379. The minimum atomic E-state index is 0.379. The van der Waals surface area contributed by atoms with E-state index in [1.165, 1.54) is 0 Å². The van der Waals surface area contributed by atoms with Crippen LogP contribution in [0.4, 0.5) is 0 Å². The first-order chi connectivity index (χ1) is 18.8. The van der Waals surface area contributed by atoms with E-state index in [9.17, 15) is 0 Å². The lowest BCUT2D eigenvalue weighted by molar-refractivity contribution is 0.308. The van der Waals surface area contributed by atoms with Gasteiger partial charge in [0.2, 0.25) is 11.7 Å². The smallest absolute Gasteiger partial charge is 0.220 e. The van der Waals surface area contributed by atoms with Crippen molar-refractivity contribution in [1.29, 1.82) is 0 Å². The van der Waals surface area contributed by atoms with E-state index >= 15 is 0 Å². The molecular weight excluding hydrogens is 478 g/mol. The maximum Gasteiger partial charge on any atom is 0.220 e. The topological polar surface area (TPSA) is 112 Å². The summed E-state index contributed by atoms with van der Waals surface area (Å²) in [5, 5.41) is 14.5. The Balaban J connectivity index is 1.25. The third-order valence-electron chi connectivity index (χ3n) is 6.04. The minimum Gasteiger partial charge on any atom is -0.486 e. The Hall–Kier alpha value is -5.18. The lowest BCUT2D eigenvalue weighted by atomic mass is 9.98. The number of hydrogen-bond acceptors (Lipinski definition) is 8. The second-order valence-corrected chi connectivity index (χ2v) is 8.54. The molecule has 0 spiro atoms. The molecule has 4 heterocycles. The standard InChI is InChI=1S/C29H23N7O2/c1-2-21-16-26(28-25(31-21)13-14-27(32-28)38-22-6-5-15-30-17-22)37-18-19-9-11-20(12-10-19)23-7-3-4-8-24(23)29-33-35-36-34-29/h3-17H,2,18H2,1H3,(H,33,34,35,36). The van der Waals surface area contributed by atoms with E-state index in [2.05, 4.69) is 61.8 Å². The lowest BCUT2D eigenvalue weighted by Crippen LogP contribution is -2.00. The van der Waals surface area contributed by atoms with Crippen LogP contribution in [0.3, 0.4) is 0 Å². The second-order valence-electron chi connectivity index (χ2n) is 8.54. The SMILES string of the molecule is CCc1cc(OCc2ccc(-c3ccccc3-c3nn[nH]n3)cc2)c2nc(Oc3cccnc3)ccc2n1. The zero-order chi connectivity index (χ0) is 25.7. The number of benzene rings is 2. The molecule has 0 unspecified atom stereocenters. The van der Waals surface area contributed by atoms with Crippen molar-refractivity contribution in [2.24, 2.45) is 0 Å². The van der Waals surface area contributed by atoms with Crippen molar-refractivity contribution in [2.75, 3.05) is 0 Å². The van der Waals surface area contributed by atoms with Crippen LogP contribution in [0.5, 0.6) is 17.4 Å². The van der Waals surface area contributed by atoms with Gasteiger partial charge in [0.1, 0.15) is 23.6 Å². The van der Waals surface area contributed by atoms with Crippen LogP contribution in [0.25, 0.3) is 33.5 Å². The Morgan fingerprint density at radius 3 is 2.50 bits per heavy atom. The van der Waals surface area contributed by atoms with Crippen molar-refractivity contribution in [3.63, 3.8) is 0 Å². The number of ether oxygens (including phenoxy) is 2. The number of fused-ring (bicyclic) bond motifs is 1. The first-order valence-electron chi connectivity index (χ1n) is 12.2. The van der Waals surface area contributed by atoms with Crippen LogP contribution in [0.2, 0.25) is 0 Å². The molecule has 186 valence electrons. The quantitative estimate of drug-likeness (QED) is 0.278. The monoisotopic (exact) mass is 501 g/mol. The average Bonchev–Trinajstić information content (AvgIpc) is 3.52. The van der Waals surface area contributed by atoms with Gasteiger partial charge in [0.15, 0.2) is 0 Å². The molecule has 0 fully saturated rings. The second kappa shape index (κ2) is 10.4. The van der Waals surface area contributed by atoms with Crippen molar-refractivity contribution < 1.29 is 9.47 Å². The third-order valence-corrected chi connectivity index (χ3v) is 6.04. The number of nitrogens with one attached hydrogen (secondary N) is 1. The Morgan fingerprint density at radius 2 is 1.74 bits per heavy atom. The molecule has 0 aliphatic heterocycles. The molecule has 9 nitrogen and oxygen atoms in total. The Bertz CT molecular complexity index is 1670. The molecule has 6 rings (SSSR count). The van der Waals surface area contributed by atoms with Gasteiger partial charge in [-0.1, -0.05) is 55.5 Å². The molecule has 0 amide bonds. The van der Waals surface area contributed by atoms with E-state index in [4.69, 9.17) is 14.5 Å². The highest BCUT2D eigenvalue weighted by Crippen LogP contribution is 2.31. The summed E-state index contributed by atoms with van der Waals surface area (Å²) in [6.45, 7) is 2.45. The summed E-state index contributed by atoms with van der Waals surface area (Å²) in [7, 11) is 0. The largest absolute Gasteiger partial charge is 0.486 e. The molecule has 0 aliphatic rings. The van der Waals surface area contributed by atoms with Gasteiger partial charge >= 0.3 is 0 Å². The van der Waals surface area contributed by atoms with Crippen LogP contribution in [0, 0.1) is 0 Å². The number of nitrogens with zero attached hydrogens (tertiary/aromatic N) is 6. The third kappa shape index (κ3) is 4.90. The van der Waals surface area contributed by atoms with Gasteiger partial charge in [0.05, 0.1) is 11.7 Å². The molecule has 1 N–H and O–H groups in total. The van der Waals surface area contributed by atoms with Crippen molar-refractivity contribution in [3.05, 3.63) is 103 Å². The predicted octanol–water partition coefficient (Wildman–Crippen LogP) is 5.81. The Labute approximate surface area is 218 Å². The number of hydrogen-bond donors (Lipinski definition) is 1. The van der Waals surface area contributed by atoms with Crippen LogP contribution in [0.15, 0.2) is 91.3 Å². The van der Waals surface area contributed by atoms with Gasteiger partial charge < -0.3 is 9.47 Å². The number of aromatic nitrogens is 7. The van der Waals surface area contributed by atoms with Gasteiger partial charge in [0.25, 0.3) is 0 Å². The molecule has 6 aromatic rings. The van der Waals surface area contributed by atoms with Crippen LogP contribution in [-0.2, 0) is 13.0 Å². The van der Waals surface area contributed by atoms with Gasteiger partial charge in [-0.25, -0.2) is 4.98 Å². The van der Waals surface area contributed by atoms with E-state index in [1.807, 2.05) is 48.5 Å². The molecule has 4 aromatic heterocycles. The summed E-state index contributed by atoms with van der Waals surface area (Å²) < 4.78 is 12.2. The van der Waals surface area contributed by atoms with Crippen molar-refractivity contribution in [2.45, 2.75) is 20.0 Å². The number of H-pyrrole nitrogens is 1. The van der Waals surface area contributed by atoms with E-state index < -0.39 is 0 Å². The average molecular weight is 502 g/mol. The molecule has 0 atom stereocenters. The molecule has 0 aliphatic carbocycles. The number of aryl methyl sites for hydroxylation is 1. The predicted molar refractivity (Wildman–Crippen MR) is 143 cm³/mol. The maximum atomic E-state index is 6.28. The van der Waals surface area contributed by atoms with E-state index in [0.717, 1.165) is 39.9 Å². The summed E-state index contributed by atoms with van der Waals surface area (Å²) in [6.07, 6.45) is 4.13. The van der Waals surface area contributed by atoms with Gasteiger partial charge in [0, 0.05) is 29.6 Å². The summed E-state index contributed by atoms with van der Waals surface area (Å²) >= 11 is 0. The summed E-state index contributed by atoms with van der Waals surface area (Å²) in [4.78, 5) is 13.5. The van der Waals surface area contributed by atoms with Gasteiger partial charge in [-0.3, -0.25) is 9.97 Å². The van der Waals surface area contributed by atoms with Crippen LogP contribution in [-0.4, -0.2) is 35.6 Å². The highest BCUT2D eigenvalue weighted by atomic mass is 16.5. The van der Waals surface area contributed by atoms with Gasteiger partial charge in [-0.2, -0.15) is 5.21 Å². The van der Waals surface area contributed by atoms with Gasteiger partial charge in [-0.05, 0) is 46.5 Å². The molecule has 0 radical (unpaired) electrons. The summed E-state index contributed by atoms with van der Waals surface area (Å²) in [6, 6.07) is 25.5. The molecule has 9 heteroatoms. The molecule has 2 aromatic carbocycles. The van der Waals surface area contributed by atoms with E-state index in [0.29, 0.717) is 35.3 Å². The van der Waals surface area contributed by atoms with Crippen LogP contribution >= 0.6 is 0 Å². The lowest BCUT2D eigenvalue weighted by Gasteiger charge is -2.12. The zero-order valence-electron chi connectivity index (χ0n) is 20.6. The molecule has 0 bridgehead atoms. The maximum absolute atomic E-state index is 6.28. The number of rotatable bonds is 8. The van der Waals surface area contributed by atoms with Gasteiger partial charge in [-0.15, -0.1) is 10.2 Å². The summed E-state index contributed by atoms with van der Waals surface area (Å²) in [5.74, 6) is 2.28. The first-order valence-corrected chi connectivity index (χ1v) is 12.2. The first kappa shape index (κ1) is 23.2. The molecule has 38 heavy (non-hydrogen) atoms. The van der Waals surface area contributed by atoms with Crippen LogP contribution < -0.4 is 9.47 Å². The Kier molecular flexibility index (Phi) is 6.38. The molecule has 0 saturated heterocycles. The van der Waals surface area contributed by atoms with Crippen molar-refractivity contribution >= 4 is 11.0 Å². The van der Waals surface area contributed by atoms with Crippen LogP contribution in [0.1, 0.15) is 18.2 Å². The molecule has 0 saturated carbocycles. The van der Waals surface area contributed by atoms with Crippen molar-refractivity contribution in [1.82, 2.24) is 35.6 Å². The normalized spacial score (nSPS) is 11.0. The number of aromatic amines is 1. The number of pyridine rings is 3. The van der Waals surface area contributed by atoms with E-state index in [1.54, 1.807) is 18.5 Å². The fraction of sp³-hybridized carbons (Fsp3) is 0.103. The highest BCUT2D eigenvalue weighted by molar-refractivity contribution is 5.82. The Morgan fingerprint density at radius 1 is 0.868 bits per heavy atom. The molecular formula is C29H23N7O2. The zero-order valence-corrected chi connectivity index (χ0v) is 20.6.